The van der Waals surface area contributed by atoms with E-state index in [2.05, 4.69) is 33.8 Å². The lowest BCUT2D eigenvalue weighted by molar-refractivity contribution is 0.0697. The van der Waals surface area contributed by atoms with Crippen molar-refractivity contribution >= 4 is 32.6 Å². The van der Waals surface area contributed by atoms with Crippen molar-refractivity contribution in [3.63, 3.8) is 0 Å². The van der Waals surface area contributed by atoms with Crippen LogP contribution in [0.25, 0.3) is 10.9 Å². The molecule has 1 aromatic heterocycles. The number of nitrogens with zero attached hydrogens (tertiary/aromatic N) is 1. The summed E-state index contributed by atoms with van der Waals surface area (Å²) >= 11 is 0. The molecule has 1 aliphatic carbocycles. The predicted octanol–water partition coefficient (Wildman–Crippen LogP) is 5.00. The second-order valence-electron chi connectivity index (χ2n) is 11.2. The molecule has 0 radical (unpaired) electrons. The number of aromatic carboxylic acids is 1. The number of aryl methyl sites for hydroxylation is 1. The zero-order chi connectivity index (χ0) is 30.3. The maximum atomic E-state index is 12.6. The van der Waals surface area contributed by atoms with Gasteiger partial charge in [-0.1, -0.05) is 30.3 Å². The van der Waals surface area contributed by atoms with E-state index < -0.39 is 22.1 Å². The van der Waals surface area contributed by atoms with Crippen LogP contribution in [0.1, 0.15) is 55.1 Å². The Morgan fingerprint density at radius 3 is 2.40 bits per heavy atom. The van der Waals surface area contributed by atoms with Crippen LogP contribution in [0, 0.1) is 0 Å². The van der Waals surface area contributed by atoms with Crippen LogP contribution >= 0.6 is 0 Å². The van der Waals surface area contributed by atoms with Gasteiger partial charge in [-0.15, -0.1) is 0 Å². The lowest BCUT2D eigenvalue weighted by Gasteiger charge is -2.28. The van der Waals surface area contributed by atoms with Gasteiger partial charge >= 0.3 is 5.97 Å². The van der Waals surface area contributed by atoms with Gasteiger partial charge in [-0.2, -0.15) is 0 Å². The number of rotatable bonds is 12. The summed E-state index contributed by atoms with van der Waals surface area (Å²) in [5, 5.41) is 27.4. The largest absolute Gasteiger partial charge is 0.478 e. The number of aliphatic hydroxyl groups excluding tert-OH is 1. The Kier molecular flexibility index (Phi) is 10.1. The summed E-state index contributed by atoms with van der Waals surface area (Å²) in [6, 6.07) is 22.8. The van der Waals surface area contributed by atoms with Crippen LogP contribution in [0.2, 0.25) is 0 Å². The number of aliphatic hydroxyl groups is 1. The van der Waals surface area contributed by atoms with Gasteiger partial charge in [-0.3, -0.25) is 4.72 Å². The molecule has 224 valence electrons. The van der Waals surface area contributed by atoms with E-state index in [9.17, 15) is 23.4 Å². The van der Waals surface area contributed by atoms with Gasteiger partial charge in [0, 0.05) is 47.5 Å². The van der Waals surface area contributed by atoms with Gasteiger partial charge in [-0.25, -0.2) is 13.2 Å². The highest BCUT2D eigenvalue weighted by Crippen LogP contribution is 2.23. The van der Waals surface area contributed by atoms with Gasteiger partial charge in [0.25, 0.3) is 10.0 Å². The third kappa shape index (κ3) is 8.65. The number of anilines is 1. The molecular formula is C32H40N4O5S. The molecule has 5 rings (SSSR count). The molecule has 4 aromatic rings. The number of nitrogens with one attached hydrogen (secondary N) is 3. The first-order valence-corrected chi connectivity index (χ1v) is 15.6. The van der Waals surface area contributed by atoms with E-state index in [-0.39, 0.29) is 22.5 Å². The second-order valence-corrected chi connectivity index (χ2v) is 12.9. The molecule has 1 saturated carbocycles. The van der Waals surface area contributed by atoms with Gasteiger partial charge < -0.3 is 25.4 Å². The SMILES string of the molecule is CC(C)(CCn1ccc2cc(C(=O)O)ccc21)NC[C@H](O)c1cccc(NS(=O)(=O)c2ccccc2)c1.CNC1CC1. The van der Waals surface area contributed by atoms with Gasteiger partial charge in [-0.05, 0) is 94.3 Å². The number of β-amino-alcohol motifs (C(OH)–C–C–N with tert-alkyl or cyclic N) is 1. The number of carboxylic acids is 1. The molecule has 10 heteroatoms. The quantitative estimate of drug-likeness (QED) is 0.156. The molecular weight excluding hydrogens is 552 g/mol. The van der Waals surface area contributed by atoms with Gasteiger partial charge in [0.1, 0.15) is 0 Å². The van der Waals surface area contributed by atoms with Crippen molar-refractivity contribution in [2.45, 2.75) is 62.2 Å². The molecule has 1 heterocycles. The second kappa shape index (κ2) is 13.5. The van der Waals surface area contributed by atoms with E-state index in [1.54, 1.807) is 54.6 Å². The van der Waals surface area contributed by atoms with Crippen LogP contribution in [-0.2, 0) is 16.6 Å². The van der Waals surface area contributed by atoms with E-state index in [1.807, 2.05) is 25.4 Å². The Balaban J connectivity index is 0.000000732. The molecule has 0 aliphatic heterocycles. The summed E-state index contributed by atoms with van der Waals surface area (Å²) in [6.45, 7) is 5.11. The molecule has 5 N–H and O–H groups in total. The standard InChI is InChI=1S/C28H31N3O5S.C4H9N/c1-28(2,14-16-31-15-13-20-17-22(27(33)34)11-12-25(20)31)29-19-26(32)21-7-6-8-23(18-21)30-37(35,36)24-9-4-3-5-10-24;1-5-4-2-3-4/h3-13,15,17-18,26,29-30,32H,14,16,19H2,1-2H3,(H,33,34);4-5H,2-3H2,1H3/t26-;/m0./s1. The Morgan fingerprint density at radius 2 is 1.76 bits per heavy atom. The predicted molar refractivity (Wildman–Crippen MR) is 166 cm³/mol. The van der Waals surface area contributed by atoms with Gasteiger partial charge in [0.15, 0.2) is 0 Å². The van der Waals surface area contributed by atoms with Crippen LogP contribution < -0.4 is 15.4 Å². The summed E-state index contributed by atoms with van der Waals surface area (Å²) in [4.78, 5) is 11.4. The zero-order valence-corrected chi connectivity index (χ0v) is 25.1. The monoisotopic (exact) mass is 592 g/mol. The number of benzene rings is 3. The fourth-order valence-corrected chi connectivity index (χ4v) is 5.57. The highest BCUT2D eigenvalue weighted by atomic mass is 32.2. The minimum atomic E-state index is -3.72. The van der Waals surface area contributed by atoms with Crippen molar-refractivity contribution in [2.75, 3.05) is 18.3 Å². The summed E-state index contributed by atoms with van der Waals surface area (Å²) in [7, 11) is -1.71. The van der Waals surface area contributed by atoms with E-state index in [1.165, 1.54) is 25.0 Å². The maximum absolute atomic E-state index is 12.6. The number of sulfonamides is 1. The van der Waals surface area contributed by atoms with Crippen molar-refractivity contribution < 1.29 is 23.4 Å². The van der Waals surface area contributed by atoms with Crippen LogP contribution in [0.4, 0.5) is 5.69 Å². The van der Waals surface area contributed by atoms with E-state index >= 15 is 0 Å². The van der Waals surface area contributed by atoms with Crippen molar-refractivity contribution in [3.8, 4) is 0 Å². The first-order chi connectivity index (χ1) is 20.0. The number of fused-ring (bicyclic) bond motifs is 1. The molecule has 3 aromatic carbocycles. The minimum absolute atomic E-state index is 0.169. The first kappa shape index (κ1) is 31.2. The summed E-state index contributed by atoms with van der Waals surface area (Å²) < 4.78 is 29.9. The molecule has 0 spiro atoms. The molecule has 0 amide bonds. The molecule has 1 atom stereocenters. The molecule has 0 unspecified atom stereocenters. The van der Waals surface area contributed by atoms with E-state index in [4.69, 9.17) is 0 Å². The minimum Gasteiger partial charge on any atom is -0.478 e. The van der Waals surface area contributed by atoms with Gasteiger partial charge in [0.2, 0.25) is 0 Å². The molecule has 1 aliphatic rings. The lowest BCUT2D eigenvalue weighted by atomic mass is 9.99. The van der Waals surface area contributed by atoms with Gasteiger partial charge in [0.05, 0.1) is 16.6 Å². The summed E-state index contributed by atoms with van der Waals surface area (Å²) in [6.07, 6.45) is 4.68. The number of carboxylic acid groups (broad SMARTS) is 1. The fraction of sp³-hybridized carbons (Fsp3) is 0.344. The first-order valence-electron chi connectivity index (χ1n) is 14.1. The maximum Gasteiger partial charge on any atom is 0.335 e. The van der Waals surface area contributed by atoms with Crippen LogP contribution in [0.3, 0.4) is 0 Å². The molecule has 0 saturated heterocycles. The Hall–Kier alpha value is -3.70. The van der Waals surface area contributed by atoms with E-state index in [0.29, 0.717) is 17.8 Å². The molecule has 0 bridgehead atoms. The van der Waals surface area contributed by atoms with Crippen molar-refractivity contribution in [2.24, 2.45) is 0 Å². The van der Waals surface area contributed by atoms with Crippen molar-refractivity contribution in [3.05, 3.63) is 96.2 Å². The fourth-order valence-electron chi connectivity index (χ4n) is 4.50. The Labute approximate surface area is 247 Å². The molecule has 42 heavy (non-hydrogen) atoms. The lowest BCUT2D eigenvalue weighted by Crippen LogP contribution is -2.42. The van der Waals surface area contributed by atoms with Crippen LogP contribution in [-0.4, -0.2) is 54.3 Å². The van der Waals surface area contributed by atoms with Crippen molar-refractivity contribution in [1.29, 1.82) is 0 Å². The number of hydrogen-bond acceptors (Lipinski definition) is 6. The highest BCUT2D eigenvalue weighted by Gasteiger charge is 2.21. The molecule has 1 fully saturated rings. The third-order valence-corrected chi connectivity index (χ3v) is 8.73. The number of hydrogen-bond donors (Lipinski definition) is 5. The highest BCUT2D eigenvalue weighted by molar-refractivity contribution is 7.92. The third-order valence-electron chi connectivity index (χ3n) is 7.33. The summed E-state index contributed by atoms with van der Waals surface area (Å²) in [5.74, 6) is -0.947. The number of aromatic nitrogens is 1. The van der Waals surface area contributed by atoms with E-state index in [0.717, 1.165) is 23.4 Å². The molecule has 9 nitrogen and oxygen atoms in total. The smallest absolute Gasteiger partial charge is 0.335 e. The zero-order valence-electron chi connectivity index (χ0n) is 24.2. The van der Waals surface area contributed by atoms with Crippen molar-refractivity contribution in [1.82, 2.24) is 15.2 Å². The summed E-state index contributed by atoms with van der Waals surface area (Å²) in [5.41, 5.74) is 1.91. The normalized spacial score (nSPS) is 14.2. The van der Waals surface area contributed by atoms with Crippen LogP contribution in [0.15, 0.2) is 90.0 Å². The van der Waals surface area contributed by atoms with Crippen LogP contribution in [0.5, 0.6) is 0 Å². The number of carbonyl (C=O) groups is 1. The Morgan fingerprint density at radius 1 is 1.02 bits per heavy atom. The average Bonchev–Trinajstić information content (AvgIpc) is 3.74. The topological polar surface area (TPSA) is 133 Å². The average molecular weight is 593 g/mol. The Bertz CT molecular complexity index is 1600.